The SMILES string of the molecule is CCn1c(SCC(=O)Nc2cc(Cl)ccc2F)nnc1-c1cccs1. The van der Waals surface area contributed by atoms with Crippen LogP contribution in [0.5, 0.6) is 0 Å². The molecule has 0 saturated heterocycles. The van der Waals surface area contributed by atoms with Crippen molar-refractivity contribution in [3.05, 3.63) is 46.6 Å². The molecule has 0 aliphatic heterocycles. The van der Waals surface area contributed by atoms with Gasteiger partial charge in [0, 0.05) is 11.6 Å². The van der Waals surface area contributed by atoms with Gasteiger partial charge in [0.25, 0.3) is 0 Å². The lowest BCUT2D eigenvalue weighted by atomic mass is 10.3. The van der Waals surface area contributed by atoms with E-state index in [2.05, 4.69) is 15.5 Å². The Hall–Kier alpha value is -1.90. The van der Waals surface area contributed by atoms with E-state index in [1.807, 2.05) is 29.0 Å². The van der Waals surface area contributed by atoms with Gasteiger partial charge in [-0.2, -0.15) is 0 Å². The molecule has 3 rings (SSSR count). The van der Waals surface area contributed by atoms with Crippen LogP contribution in [0.3, 0.4) is 0 Å². The molecule has 1 N–H and O–H groups in total. The molecule has 0 unspecified atom stereocenters. The molecule has 0 saturated carbocycles. The lowest BCUT2D eigenvalue weighted by Crippen LogP contribution is -2.15. The number of anilines is 1. The number of nitrogens with one attached hydrogen (secondary N) is 1. The second kappa shape index (κ2) is 7.99. The van der Waals surface area contributed by atoms with Gasteiger partial charge in [-0.05, 0) is 36.6 Å². The maximum Gasteiger partial charge on any atom is 0.234 e. The number of halogens is 2. The van der Waals surface area contributed by atoms with Crippen molar-refractivity contribution in [2.24, 2.45) is 0 Å². The van der Waals surface area contributed by atoms with Gasteiger partial charge in [-0.15, -0.1) is 21.5 Å². The number of hydrogen-bond acceptors (Lipinski definition) is 5. The minimum absolute atomic E-state index is 0.0642. The summed E-state index contributed by atoms with van der Waals surface area (Å²) in [6.07, 6.45) is 0. The molecule has 5 nitrogen and oxygen atoms in total. The number of hydrogen-bond donors (Lipinski definition) is 1. The molecule has 0 fully saturated rings. The minimum Gasteiger partial charge on any atom is -0.323 e. The molecular weight excluding hydrogens is 383 g/mol. The number of amides is 1. The van der Waals surface area contributed by atoms with E-state index in [1.165, 1.54) is 30.0 Å². The molecule has 1 amide bonds. The molecule has 25 heavy (non-hydrogen) atoms. The number of carbonyl (C=O) groups is 1. The summed E-state index contributed by atoms with van der Waals surface area (Å²) in [6.45, 7) is 2.68. The Balaban J connectivity index is 1.67. The molecule has 2 heterocycles. The van der Waals surface area contributed by atoms with Gasteiger partial charge >= 0.3 is 0 Å². The number of benzene rings is 1. The van der Waals surface area contributed by atoms with Gasteiger partial charge in [0.2, 0.25) is 5.91 Å². The van der Waals surface area contributed by atoms with Crippen LogP contribution in [-0.2, 0) is 11.3 Å². The molecule has 0 radical (unpaired) electrons. The van der Waals surface area contributed by atoms with Gasteiger partial charge < -0.3 is 9.88 Å². The zero-order valence-corrected chi connectivity index (χ0v) is 15.6. The molecule has 2 aromatic heterocycles. The Morgan fingerprint density at radius 1 is 1.40 bits per heavy atom. The third kappa shape index (κ3) is 4.20. The average molecular weight is 397 g/mol. The van der Waals surface area contributed by atoms with Gasteiger partial charge in [0.05, 0.1) is 16.3 Å². The predicted octanol–water partition coefficient (Wildman–Crippen LogP) is 4.55. The van der Waals surface area contributed by atoms with Crippen LogP contribution in [0.2, 0.25) is 5.02 Å². The molecule has 0 spiro atoms. The molecule has 0 aliphatic carbocycles. The van der Waals surface area contributed by atoms with Crippen LogP contribution in [0.15, 0.2) is 40.9 Å². The molecule has 130 valence electrons. The van der Waals surface area contributed by atoms with Gasteiger partial charge in [-0.3, -0.25) is 4.79 Å². The van der Waals surface area contributed by atoms with Gasteiger partial charge in [-0.1, -0.05) is 29.4 Å². The standard InChI is InChI=1S/C16H14ClFN4OS2/c1-2-22-15(13-4-3-7-24-13)20-21-16(22)25-9-14(23)19-12-8-10(17)5-6-11(12)18/h3-8H,2,9H2,1H3,(H,19,23). The molecule has 9 heteroatoms. The number of rotatable bonds is 6. The van der Waals surface area contributed by atoms with Crippen LogP contribution in [0.25, 0.3) is 10.7 Å². The Bertz CT molecular complexity index is 882. The van der Waals surface area contributed by atoms with Crippen molar-refractivity contribution in [1.82, 2.24) is 14.8 Å². The first-order chi connectivity index (χ1) is 12.1. The van der Waals surface area contributed by atoms with E-state index < -0.39 is 5.82 Å². The van der Waals surface area contributed by atoms with E-state index in [-0.39, 0.29) is 17.3 Å². The Morgan fingerprint density at radius 2 is 2.24 bits per heavy atom. The maximum atomic E-state index is 13.7. The van der Waals surface area contributed by atoms with E-state index in [0.717, 1.165) is 10.7 Å². The first kappa shape index (κ1) is 17.9. The summed E-state index contributed by atoms with van der Waals surface area (Å²) in [4.78, 5) is 13.1. The van der Waals surface area contributed by atoms with Gasteiger partial charge in [-0.25, -0.2) is 4.39 Å². The third-order valence-corrected chi connectivity index (χ3v) is 5.38. The second-order valence-electron chi connectivity index (χ2n) is 4.99. The predicted molar refractivity (Wildman–Crippen MR) is 99.8 cm³/mol. The normalized spacial score (nSPS) is 10.8. The monoisotopic (exact) mass is 396 g/mol. The van der Waals surface area contributed by atoms with Gasteiger partial charge in [0.1, 0.15) is 5.82 Å². The van der Waals surface area contributed by atoms with Crippen LogP contribution < -0.4 is 5.32 Å². The second-order valence-corrected chi connectivity index (χ2v) is 7.32. The lowest BCUT2D eigenvalue weighted by Gasteiger charge is -2.08. The quantitative estimate of drug-likeness (QED) is 0.621. The number of carbonyl (C=O) groups excluding carboxylic acids is 1. The van der Waals surface area contributed by atoms with Crippen molar-refractivity contribution in [2.45, 2.75) is 18.6 Å². The van der Waals surface area contributed by atoms with Crippen molar-refractivity contribution in [3.8, 4) is 10.7 Å². The fourth-order valence-corrected chi connectivity index (χ4v) is 3.87. The zero-order chi connectivity index (χ0) is 17.8. The van der Waals surface area contributed by atoms with E-state index in [9.17, 15) is 9.18 Å². The van der Waals surface area contributed by atoms with E-state index in [1.54, 1.807) is 11.3 Å². The highest BCUT2D eigenvalue weighted by molar-refractivity contribution is 7.99. The summed E-state index contributed by atoms with van der Waals surface area (Å²) in [5.41, 5.74) is 0.0642. The first-order valence-corrected chi connectivity index (χ1v) is 9.67. The zero-order valence-electron chi connectivity index (χ0n) is 13.2. The van der Waals surface area contributed by atoms with Crippen molar-refractivity contribution in [2.75, 3.05) is 11.1 Å². The van der Waals surface area contributed by atoms with Crippen LogP contribution in [0, 0.1) is 5.82 Å². The smallest absolute Gasteiger partial charge is 0.234 e. The van der Waals surface area contributed by atoms with Crippen molar-refractivity contribution in [3.63, 3.8) is 0 Å². The van der Waals surface area contributed by atoms with Crippen molar-refractivity contribution >= 4 is 46.3 Å². The summed E-state index contributed by atoms with van der Waals surface area (Å²) in [5.74, 6) is 0.00406. The van der Waals surface area contributed by atoms with Gasteiger partial charge in [0.15, 0.2) is 11.0 Å². The summed E-state index contributed by atoms with van der Waals surface area (Å²) < 4.78 is 15.6. The summed E-state index contributed by atoms with van der Waals surface area (Å²) in [6, 6.07) is 7.95. The molecule has 1 aromatic carbocycles. The van der Waals surface area contributed by atoms with Crippen LogP contribution >= 0.6 is 34.7 Å². The summed E-state index contributed by atoms with van der Waals surface area (Å²) >= 11 is 8.66. The fourth-order valence-electron chi connectivity index (χ4n) is 2.18. The van der Waals surface area contributed by atoms with Crippen molar-refractivity contribution < 1.29 is 9.18 Å². The number of thioether (sulfide) groups is 1. The highest BCUT2D eigenvalue weighted by Crippen LogP contribution is 2.27. The average Bonchev–Trinajstić information content (AvgIpc) is 3.24. The largest absolute Gasteiger partial charge is 0.323 e. The fraction of sp³-hybridized carbons (Fsp3) is 0.188. The minimum atomic E-state index is -0.528. The molecule has 3 aromatic rings. The number of aromatic nitrogens is 3. The number of thiophene rings is 1. The third-order valence-electron chi connectivity index (χ3n) is 3.31. The Morgan fingerprint density at radius 3 is 2.96 bits per heavy atom. The van der Waals surface area contributed by atoms with Crippen LogP contribution in [0.4, 0.5) is 10.1 Å². The number of nitrogens with zero attached hydrogens (tertiary/aromatic N) is 3. The Labute approximate surface area is 157 Å². The van der Waals surface area contributed by atoms with E-state index >= 15 is 0 Å². The lowest BCUT2D eigenvalue weighted by molar-refractivity contribution is -0.113. The highest BCUT2D eigenvalue weighted by Gasteiger charge is 2.15. The van der Waals surface area contributed by atoms with Crippen LogP contribution in [-0.4, -0.2) is 26.4 Å². The molecule has 0 atom stereocenters. The topological polar surface area (TPSA) is 59.8 Å². The highest BCUT2D eigenvalue weighted by atomic mass is 35.5. The van der Waals surface area contributed by atoms with Crippen LogP contribution in [0.1, 0.15) is 6.92 Å². The Kier molecular flexibility index (Phi) is 5.72. The first-order valence-electron chi connectivity index (χ1n) is 7.43. The van der Waals surface area contributed by atoms with E-state index in [0.29, 0.717) is 16.7 Å². The van der Waals surface area contributed by atoms with E-state index in [4.69, 9.17) is 11.6 Å². The maximum absolute atomic E-state index is 13.7. The molecular formula is C16H14ClFN4OS2. The summed E-state index contributed by atoms with van der Waals surface area (Å²) in [5, 5.41) is 13.9. The molecule has 0 aliphatic rings. The van der Waals surface area contributed by atoms with Crippen molar-refractivity contribution in [1.29, 1.82) is 0 Å². The summed E-state index contributed by atoms with van der Waals surface area (Å²) in [7, 11) is 0. The molecule has 0 bridgehead atoms.